The summed E-state index contributed by atoms with van der Waals surface area (Å²) in [6, 6.07) is 8.50. The van der Waals surface area contributed by atoms with E-state index in [1.54, 1.807) is 0 Å². The van der Waals surface area contributed by atoms with Crippen LogP contribution in [0, 0.1) is 0 Å². The fourth-order valence-corrected chi connectivity index (χ4v) is 1.98. The first kappa shape index (κ1) is 11.8. The standard InChI is InChI=1S/C16H19N/c1-2-3-12-17-13-15-10-6-7-11-16(15)14-8-4-5-9-14/h4-11,13-14H,2-3,12H2,1H3. The maximum Gasteiger partial charge on any atom is 0.0389 e. The summed E-state index contributed by atoms with van der Waals surface area (Å²) in [4.78, 5) is 4.49. The molecule has 0 spiro atoms. The van der Waals surface area contributed by atoms with E-state index in [-0.39, 0.29) is 0 Å². The van der Waals surface area contributed by atoms with Gasteiger partial charge in [-0.1, -0.05) is 61.9 Å². The van der Waals surface area contributed by atoms with E-state index in [4.69, 9.17) is 0 Å². The van der Waals surface area contributed by atoms with Gasteiger partial charge in [-0.05, 0) is 17.5 Å². The Morgan fingerprint density at radius 2 is 1.94 bits per heavy atom. The van der Waals surface area contributed by atoms with Gasteiger partial charge in [0.25, 0.3) is 0 Å². The van der Waals surface area contributed by atoms with Crippen molar-refractivity contribution < 1.29 is 0 Å². The topological polar surface area (TPSA) is 12.4 Å². The molecular formula is C16H19N. The number of allylic oxidation sites excluding steroid dienone is 4. The molecule has 0 unspecified atom stereocenters. The first-order chi connectivity index (χ1) is 8.42. The number of hydrogen-bond donors (Lipinski definition) is 0. The lowest BCUT2D eigenvalue weighted by Crippen LogP contribution is -1.96. The Bertz CT molecular complexity index is 429. The molecule has 0 aromatic heterocycles. The third-order valence-corrected chi connectivity index (χ3v) is 2.97. The van der Waals surface area contributed by atoms with E-state index in [0.29, 0.717) is 5.92 Å². The van der Waals surface area contributed by atoms with E-state index >= 15 is 0 Å². The number of rotatable bonds is 5. The van der Waals surface area contributed by atoms with E-state index in [1.807, 2.05) is 6.21 Å². The van der Waals surface area contributed by atoms with Crippen LogP contribution in [0.2, 0.25) is 0 Å². The second-order valence-electron chi connectivity index (χ2n) is 4.31. The molecule has 0 heterocycles. The highest BCUT2D eigenvalue weighted by atomic mass is 14.7. The van der Waals surface area contributed by atoms with E-state index in [1.165, 1.54) is 24.0 Å². The van der Waals surface area contributed by atoms with Crippen molar-refractivity contribution in [1.29, 1.82) is 0 Å². The zero-order valence-corrected chi connectivity index (χ0v) is 10.3. The fourth-order valence-electron chi connectivity index (χ4n) is 1.98. The summed E-state index contributed by atoms with van der Waals surface area (Å²) in [7, 11) is 0. The van der Waals surface area contributed by atoms with Crippen molar-refractivity contribution >= 4 is 6.21 Å². The lowest BCUT2D eigenvalue weighted by atomic mass is 9.96. The first-order valence-corrected chi connectivity index (χ1v) is 6.35. The predicted octanol–water partition coefficient (Wildman–Crippen LogP) is 4.12. The van der Waals surface area contributed by atoms with Gasteiger partial charge in [-0.2, -0.15) is 0 Å². The number of nitrogens with zero attached hydrogens (tertiary/aromatic N) is 1. The highest BCUT2D eigenvalue weighted by Gasteiger charge is 2.09. The van der Waals surface area contributed by atoms with Crippen molar-refractivity contribution in [3.8, 4) is 0 Å². The molecule has 0 bridgehead atoms. The van der Waals surface area contributed by atoms with Crippen molar-refractivity contribution in [2.75, 3.05) is 6.54 Å². The second kappa shape index (κ2) is 6.19. The van der Waals surface area contributed by atoms with Gasteiger partial charge >= 0.3 is 0 Å². The van der Waals surface area contributed by atoms with Crippen LogP contribution >= 0.6 is 0 Å². The molecule has 1 aliphatic rings. The zero-order valence-electron chi connectivity index (χ0n) is 10.3. The molecular weight excluding hydrogens is 206 g/mol. The Labute approximate surface area is 104 Å². The predicted molar refractivity (Wildman–Crippen MR) is 74.8 cm³/mol. The fraction of sp³-hybridized carbons (Fsp3) is 0.312. The minimum atomic E-state index is 0.420. The highest BCUT2D eigenvalue weighted by Crippen LogP contribution is 2.25. The van der Waals surface area contributed by atoms with Gasteiger partial charge in [0.2, 0.25) is 0 Å². The summed E-state index contributed by atoms with van der Waals surface area (Å²) in [5, 5.41) is 0. The summed E-state index contributed by atoms with van der Waals surface area (Å²) in [5.74, 6) is 0.420. The van der Waals surface area contributed by atoms with Crippen LogP contribution in [-0.4, -0.2) is 12.8 Å². The number of aliphatic imine (C=N–C) groups is 1. The minimum Gasteiger partial charge on any atom is -0.293 e. The van der Waals surface area contributed by atoms with Crippen molar-refractivity contribution in [2.45, 2.75) is 25.7 Å². The lowest BCUT2D eigenvalue weighted by Gasteiger charge is -2.09. The molecule has 0 radical (unpaired) electrons. The molecule has 0 N–H and O–H groups in total. The summed E-state index contributed by atoms with van der Waals surface area (Å²) in [5.41, 5.74) is 2.59. The van der Waals surface area contributed by atoms with Crippen LogP contribution in [0.25, 0.3) is 0 Å². The molecule has 1 heteroatoms. The molecule has 1 aromatic rings. The van der Waals surface area contributed by atoms with Gasteiger partial charge in [0.1, 0.15) is 0 Å². The summed E-state index contributed by atoms with van der Waals surface area (Å²) in [6.07, 6.45) is 13.0. The van der Waals surface area contributed by atoms with Gasteiger partial charge in [-0.3, -0.25) is 4.99 Å². The molecule has 0 amide bonds. The van der Waals surface area contributed by atoms with E-state index in [2.05, 4.69) is 60.5 Å². The van der Waals surface area contributed by atoms with Crippen LogP contribution in [0.4, 0.5) is 0 Å². The van der Waals surface area contributed by atoms with Gasteiger partial charge in [-0.25, -0.2) is 0 Å². The first-order valence-electron chi connectivity index (χ1n) is 6.35. The Balaban J connectivity index is 2.13. The Morgan fingerprint density at radius 1 is 1.18 bits per heavy atom. The molecule has 0 aliphatic heterocycles. The molecule has 0 saturated heterocycles. The van der Waals surface area contributed by atoms with Crippen LogP contribution in [0.3, 0.4) is 0 Å². The van der Waals surface area contributed by atoms with Crippen molar-refractivity contribution in [3.63, 3.8) is 0 Å². The maximum absolute atomic E-state index is 4.49. The molecule has 0 saturated carbocycles. The monoisotopic (exact) mass is 225 g/mol. The van der Waals surface area contributed by atoms with Gasteiger partial charge < -0.3 is 0 Å². The molecule has 2 rings (SSSR count). The van der Waals surface area contributed by atoms with Crippen molar-refractivity contribution in [3.05, 3.63) is 59.7 Å². The van der Waals surface area contributed by atoms with Crippen LogP contribution in [0.15, 0.2) is 53.6 Å². The summed E-state index contributed by atoms with van der Waals surface area (Å²) < 4.78 is 0. The molecule has 17 heavy (non-hydrogen) atoms. The quantitative estimate of drug-likeness (QED) is 0.528. The Hall–Kier alpha value is -1.63. The molecule has 1 nitrogen and oxygen atoms in total. The SMILES string of the molecule is CCCCN=Cc1ccccc1C1C=CC=C1. The largest absolute Gasteiger partial charge is 0.293 e. The number of unbranched alkanes of at least 4 members (excludes halogenated alkanes) is 1. The van der Waals surface area contributed by atoms with Crippen molar-refractivity contribution in [2.24, 2.45) is 4.99 Å². The smallest absolute Gasteiger partial charge is 0.0389 e. The third kappa shape index (κ3) is 3.16. The van der Waals surface area contributed by atoms with E-state index < -0.39 is 0 Å². The summed E-state index contributed by atoms with van der Waals surface area (Å²) >= 11 is 0. The average molecular weight is 225 g/mol. The van der Waals surface area contributed by atoms with Gasteiger partial charge in [0.05, 0.1) is 0 Å². The van der Waals surface area contributed by atoms with Gasteiger partial charge in [0.15, 0.2) is 0 Å². The van der Waals surface area contributed by atoms with E-state index in [9.17, 15) is 0 Å². The lowest BCUT2D eigenvalue weighted by molar-refractivity contribution is 0.810. The van der Waals surface area contributed by atoms with E-state index in [0.717, 1.165) is 6.54 Å². The van der Waals surface area contributed by atoms with Crippen LogP contribution in [0.5, 0.6) is 0 Å². The number of hydrogen-bond acceptors (Lipinski definition) is 1. The molecule has 0 fully saturated rings. The molecule has 0 atom stereocenters. The Morgan fingerprint density at radius 3 is 2.71 bits per heavy atom. The van der Waals surface area contributed by atoms with Crippen LogP contribution in [-0.2, 0) is 0 Å². The number of benzene rings is 1. The average Bonchev–Trinajstić information content (AvgIpc) is 2.89. The Kier molecular flexibility index (Phi) is 4.31. The summed E-state index contributed by atoms with van der Waals surface area (Å²) in [6.45, 7) is 3.12. The van der Waals surface area contributed by atoms with Gasteiger partial charge in [-0.15, -0.1) is 0 Å². The molecule has 88 valence electrons. The molecule has 1 aliphatic carbocycles. The van der Waals surface area contributed by atoms with Crippen LogP contribution in [0.1, 0.15) is 36.8 Å². The second-order valence-corrected chi connectivity index (χ2v) is 4.31. The normalized spacial score (nSPS) is 15.1. The minimum absolute atomic E-state index is 0.420. The maximum atomic E-state index is 4.49. The third-order valence-electron chi connectivity index (χ3n) is 2.97. The van der Waals surface area contributed by atoms with Crippen LogP contribution < -0.4 is 0 Å². The van der Waals surface area contributed by atoms with Gasteiger partial charge in [0, 0.05) is 18.7 Å². The highest BCUT2D eigenvalue weighted by molar-refractivity contribution is 5.82. The zero-order chi connectivity index (χ0) is 11.9. The van der Waals surface area contributed by atoms with Crippen molar-refractivity contribution in [1.82, 2.24) is 0 Å². The molecule has 1 aromatic carbocycles.